The van der Waals surface area contributed by atoms with Crippen LogP contribution in [0.15, 0.2) is 114 Å². The van der Waals surface area contributed by atoms with E-state index in [0.29, 0.717) is 6.42 Å². The zero-order valence-electron chi connectivity index (χ0n) is 20.6. The van der Waals surface area contributed by atoms with Gasteiger partial charge in [-0.25, -0.2) is 0 Å². The van der Waals surface area contributed by atoms with Gasteiger partial charge in [0.05, 0.1) is 24.5 Å². The van der Waals surface area contributed by atoms with Crippen molar-refractivity contribution in [1.82, 2.24) is 0 Å². The summed E-state index contributed by atoms with van der Waals surface area (Å²) in [6.45, 7) is 0. The van der Waals surface area contributed by atoms with Gasteiger partial charge in [-0.1, -0.05) is 54.6 Å². The number of methoxy groups -OCH3 is 1. The molecule has 37 heavy (non-hydrogen) atoms. The lowest BCUT2D eigenvalue weighted by molar-refractivity contribution is -0.116. The number of ketones is 1. The van der Waals surface area contributed by atoms with Gasteiger partial charge in [-0.2, -0.15) is 0 Å². The maximum atomic E-state index is 13.8. The van der Waals surface area contributed by atoms with Gasteiger partial charge in [0.25, 0.3) is 0 Å². The van der Waals surface area contributed by atoms with Crippen molar-refractivity contribution in [2.45, 2.75) is 24.8 Å². The molecule has 0 aromatic heterocycles. The first-order valence-corrected chi connectivity index (χ1v) is 12.5. The van der Waals surface area contributed by atoms with E-state index in [1.54, 1.807) is 7.11 Å². The van der Waals surface area contributed by atoms with Gasteiger partial charge in [0, 0.05) is 17.7 Å². The van der Waals surface area contributed by atoms with Crippen LogP contribution in [-0.2, 0) is 4.79 Å². The second-order valence-corrected chi connectivity index (χ2v) is 9.43. The number of anilines is 2. The molecule has 4 aromatic carbocycles. The second kappa shape index (κ2) is 9.86. The summed E-state index contributed by atoms with van der Waals surface area (Å²) in [7, 11) is 1.67. The lowest BCUT2D eigenvalue weighted by atomic mass is 9.78. The first-order chi connectivity index (χ1) is 18.2. The second-order valence-electron chi connectivity index (χ2n) is 9.43. The molecule has 5 nitrogen and oxygen atoms in total. The van der Waals surface area contributed by atoms with Crippen LogP contribution in [0.25, 0.3) is 0 Å². The monoisotopic (exact) mass is 488 g/mol. The number of hydrogen-bond donors (Lipinski definition) is 2. The number of ether oxygens (including phenoxy) is 2. The van der Waals surface area contributed by atoms with Gasteiger partial charge >= 0.3 is 0 Å². The molecule has 0 saturated heterocycles. The highest BCUT2D eigenvalue weighted by molar-refractivity contribution is 6.01. The average molecular weight is 489 g/mol. The highest BCUT2D eigenvalue weighted by atomic mass is 16.5. The quantitative estimate of drug-likeness (QED) is 0.305. The van der Waals surface area contributed by atoms with Crippen molar-refractivity contribution in [1.29, 1.82) is 0 Å². The Kier molecular flexibility index (Phi) is 6.11. The molecule has 0 bridgehead atoms. The number of benzene rings is 4. The van der Waals surface area contributed by atoms with Crippen LogP contribution in [0, 0.1) is 0 Å². The molecule has 4 aromatic rings. The molecule has 5 heteroatoms. The van der Waals surface area contributed by atoms with Crippen molar-refractivity contribution >= 4 is 17.2 Å². The molecule has 0 radical (unpaired) electrons. The molecule has 6 rings (SSSR count). The Morgan fingerprint density at radius 3 is 2.19 bits per heavy atom. The minimum absolute atomic E-state index is 0.0764. The lowest BCUT2D eigenvalue weighted by Crippen LogP contribution is -2.26. The van der Waals surface area contributed by atoms with E-state index in [4.69, 9.17) is 9.47 Å². The Bertz CT molecular complexity index is 1480. The van der Waals surface area contributed by atoms with E-state index < -0.39 is 0 Å². The number of carbonyl (C=O) groups is 1. The van der Waals surface area contributed by atoms with E-state index in [9.17, 15) is 4.79 Å². The van der Waals surface area contributed by atoms with E-state index in [1.165, 1.54) is 0 Å². The van der Waals surface area contributed by atoms with Crippen LogP contribution in [0.2, 0.25) is 0 Å². The third kappa shape index (κ3) is 4.68. The van der Waals surface area contributed by atoms with Gasteiger partial charge in [0.15, 0.2) is 5.78 Å². The molecule has 0 fully saturated rings. The fourth-order valence-corrected chi connectivity index (χ4v) is 5.26. The minimum atomic E-state index is -0.302. The fraction of sp³-hybridized carbons (Fsp3) is 0.156. The molecule has 2 atom stereocenters. The maximum Gasteiger partial charge on any atom is 0.163 e. The Morgan fingerprint density at radius 1 is 0.703 bits per heavy atom. The molecular weight excluding hydrogens is 460 g/mol. The Balaban J connectivity index is 1.40. The molecule has 0 saturated carbocycles. The van der Waals surface area contributed by atoms with Crippen molar-refractivity contribution in [3.05, 3.63) is 126 Å². The smallest absolute Gasteiger partial charge is 0.163 e. The molecule has 1 aliphatic heterocycles. The number of hydrogen-bond acceptors (Lipinski definition) is 5. The molecule has 2 aliphatic rings. The highest BCUT2D eigenvalue weighted by Gasteiger charge is 2.36. The van der Waals surface area contributed by atoms with Gasteiger partial charge in [-0.3, -0.25) is 4.79 Å². The molecule has 1 aliphatic carbocycles. The van der Waals surface area contributed by atoms with Crippen molar-refractivity contribution < 1.29 is 14.3 Å². The largest absolute Gasteiger partial charge is 0.497 e. The zero-order chi connectivity index (χ0) is 25.2. The number of para-hydroxylation sites is 3. The van der Waals surface area contributed by atoms with Crippen molar-refractivity contribution in [3.63, 3.8) is 0 Å². The van der Waals surface area contributed by atoms with Crippen molar-refractivity contribution in [2.24, 2.45) is 0 Å². The van der Waals surface area contributed by atoms with E-state index in [0.717, 1.165) is 57.4 Å². The van der Waals surface area contributed by atoms with Crippen LogP contribution in [0.4, 0.5) is 11.4 Å². The summed E-state index contributed by atoms with van der Waals surface area (Å²) >= 11 is 0. The summed E-state index contributed by atoms with van der Waals surface area (Å²) in [6, 6.07) is 33.5. The molecule has 0 amide bonds. The number of allylic oxidation sites excluding steroid dienone is 1. The molecule has 1 heterocycles. The Morgan fingerprint density at radius 2 is 1.38 bits per heavy atom. The summed E-state index contributed by atoms with van der Waals surface area (Å²) in [5, 5.41) is 7.26. The van der Waals surface area contributed by atoms with Crippen LogP contribution in [0.1, 0.15) is 35.9 Å². The summed E-state index contributed by atoms with van der Waals surface area (Å²) in [4.78, 5) is 13.8. The summed E-state index contributed by atoms with van der Waals surface area (Å²) in [5.74, 6) is 2.53. The number of rotatable bonds is 5. The number of carbonyl (C=O) groups excluding carboxylic acids is 1. The third-order valence-corrected chi connectivity index (χ3v) is 7.04. The van der Waals surface area contributed by atoms with Gasteiger partial charge < -0.3 is 20.1 Å². The van der Waals surface area contributed by atoms with Gasteiger partial charge in [0.1, 0.15) is 17.2 Å². The first kappa shape index (κ1) is 22.9. The first-order valence-electron chi connectivity index (χ1n) is 12.5. The third-order valence-electron chi connectivity index (χ3n) is 7.04. The SMILES string of the molecule is COc1cccc(C2CC(=O)C3=C(C2)Nc2ccccc2NC3c2cccc(Oc3ccccc3)c2)c1. The topological polar surface area (TPSA) is 59.6 Å². The van der Waals surface area contributed by atoms with Crippen molar-refractivity contribution in [3.8, 4) is 17.2 Å². The predicted octanol–water partition coefficient (Wildman–Crippen LogP) is 7.47. The Labute approximate surface area is 216 Å². The lowest BCUT2D eigenvalue weighted by Gasteiger charge is -2.30. The number of nitrogens with one attached hydrogen (secondary N) is 2. The van der Waals surface area contributed by atoms with Crippen LogP contribution >= 0.6 is 0 Å². The maximum absolute atomic E-state index is 13.8. The summed E-state index contributed by atoms with van der Waals surface area (Å²) < 4.78 is 11.6. The van der Waals surface area contributed by atoms with Crippen molar-refractivity contribution in [2.75, 3.05) is 17.7 Å². The van der Waals surface area contributed by atoms with Gasteiger partial charge in [-0.05, 0) is 72.0 Å². The molecule has 2 N–H and O–H groups in total. The van der Waals surface area contributed by atoms with Crippen LogP contribution in [0.3, 0.4) is 0 Å². The standard InChI is InChI=1S/C32H28N2O3/c1-36-25-13-7-9-21(17-25)23-19-29-31(30(35)20-23)32(34-28-16-6-5-15-27(28)33-29)22-10-8-14-26(18-22)37-24-11-3-2-4-12-24/h2-18,23,32-34H,19-20H2,1H3. The van der Waals surface area contributed by atoms with E-state index in [2.05, 4.69) is 22.8 Å². The fourth-order valence-electron chi connectivity index (χ4n) is 5.26. The van der Waals surface area contributed by atoms with Crippen LogP contribution < -0.4 is 20.1 Å². The average Bonchev–Trinajstić information content (AvgIpc) is 3.11. The molecule has 184 valence electrons. The van der Waals surface area contributed by atoms with E-state index in [1.807, 2.05) is 91.0 Å². The van der Waals surface area contributed by atoms with Crippen LogP contribution in [0.5, 0.6) is 17.2 Å². The predicted molar refractivity (Wildman–Crippen MR) is 146 cm³/mol. The van der Waals surface area contributed by atoms with Gasteiger partial charge in [0.2, 0.25) is 0 Å². The zero-order valence-corrected chi connectivity index (χ0v) is 20.6. The van der Waals surface area contributed by atoms with E-state index >= 15 is 0 Å². The van der Waals surface area contributed by atoms with E-state index in [-0.39, 0.29) is 17.7 Å². The van der Waals surface area contributed by atoms with Crippen LogP contribution in [-0.4, -0.2) is 12.9 Å². The molecule has 0 spiro atoms. The Hall–Kier alpha value is -4.51. The molecular formula is C32H28N2O3. The minimum Gasteiger partial charge on any atom is -0.497 e. The summed E-state index contributed by atoms with van der Waals surface area (Å²) in [6.07, 6.45) is 1.18. The normalized spacial score (nSPS) is 18.6. The highest BCUT2D eigenvalue weighted by Crippen LogP contribution is 2.45. The molecule has 2 unspecified atom stereocenters. The number of Topliss-reactive ketones (excluding diaryl/α,β-unsaturated/α-hetero) is 1. The number of fused-ring (bicyclic) bond motifs is 1. The summed E-state index contributed by atoms with van der Waals surface area (Å²) in [5.41, 5.74) is 5.76. The van der Waals surface area contributed by atoms with Gasteiger partial charge in [-0.15, -0.1) is 0 Å².